The summed E-state index contributed by atoms with van der Waals surface area (Å²) in [4.78, 5) is 0. The van der Waals surface area contributed by atoms with Crippen molar-refractivity contribution in [3.63, 3.8) is 0 Å². The fourth-order valence-electron chi connectivity index (χ4n) is 2.16. The molecular weight excluding hydrogens is 257 g/mol. The molecule has 0 amide bonds. The summed E-state index contributed by atoms with van der Waals surface area (Å²) in [5.41, 5.74) is -0.0168. The van der Waals surface area contributed by atoms with E-state index in [1.165, 1.54) is 6.42 Å². The third kappa shape index (κ3) is 3.27. The highest BCUT2D eigenvalue weighted by Gasteiger charge is 2.38. The third-order valence-electron chi connectivity index (χ3n) is 3.27. The average Bonchev–Trinajstić information content (AvgIpc) is 2.20. The van der Waals surface area contributed by atoms with E-state index < -0.39 is 0 Å². The molecule has 0 spiro atoms. The van der Waals surface area contributed by atoms with Gasteiger partial charge in [-0.15, -0.1) is 0 Å². The smallest absolute Gasteiger partial charge is 0.123 e. The maximum atomic E-state index is 6.09. The Morgan fingerprint density at radius 2 is 1.88 bits per heavy atom. The van der Waals surface area contributed by atoms with Gasteiger partial charge in [0.15, 0.2) is 0 Å². The van der Waals surface area contributed by atoms with Gasteiger partial charge in [-0.05, 0) is 57.5 Å². The number of hydrogen-bond acceptors (Lipinski definition) is 2. The molecule has 1 fully saturated rings. The van der Waals surface area contributed by atoms with E-state index in [0.717, 1.165) is 31.6 Å². The lowest BCUT2D eigenvalue weighted by Crippen LogP contribution is -2.45. The van der Waals surface area contributed by atoms with Crippen molar-refractivity contribution < 1.29 is 4.74 Å². The van der Waals surface area contributed by atoms with Crippen LogP contribution in [0.5, 0.6) is 5.75 Å². The summed E-state index contributed by atoms with van der Waals surface area (Å²) in [6.07, 6.45) is 4.48. The fraction of sp³-hybridized carbons (Fsp3) is 0.538. The van der Waals surface area contributed by atoms with E-state index in [4.69, 9.17) is 27.9 Å². The molecular formula is C13H17Cl2NO. The van der Waals surface area contributed by atoms with E-state index in [2.05, 4.69) is 5.32 Å². The van der Waals surface area contributed by atoms with Gasteiger partial charge < -0.3 is 10.1 Å². The summed E-state index contributed by atoms with van der Waals surface area (Å²) in [7, 11) is 1.96. The number of benzene rings is 1. The molecule has 0 saturated heterocycles. The molecule has 1 aromatic carbocycles. The van der Waals surface area contributed by atoms with Crippen LogP contribution in [-0.4, -0.2) is 19.2 Å². The SMILES string of the molecule is CNCCC1(Oc2cc(Cl)cc(Cl)c2)CCC1. The first kappa shape index (κ1) is 13.0. The second-order valence-corrected chi connectivity index (χ2v) is 5.47. The minimum Gasteiger partial charge on any atom is -0.487 e. The average molecular weight is 274 g/mol. The molecule has 1 aliphatic rings. The molecule has 1 N–H and O–H groups in total. The van der Waals surface area contributed by atoms with Crippen LogP contribution in [0.15, 0.2) is 18.2 Å². The molecule has 2 nitrogen and oxygen atoms in total. The molecule has 2 rings (SSSR count). The summed E-state index contributed by atoms with van der Waals surface area (Å²) in [5.74, 6) is 0.776. The number of halogens is 2. The molecule has 0 aliphatic heterocycles. The van der Waals surface area contributed by atoms with Gasteiger partial charge in [-0.25, -0.2) is 0 Å². The second kappa shape index (κ2) is 5.47. The maximum absolute atomic E-state index is 6.09. The van der Waals surface area contributed by atoms with Crippen LogP contribution in [0.4, 0.5) is 0 Å². The van der Waals surface area contributed by atoms with Gasteiger partial charge in [-0.3, -0.25) is 0 Å². The number of rotatable bonds is 5. The summed E-state index contributed by atoms with van der Waals surface area (Å²) >= 11 is 11.9. The lowest BCUT2D eigenvalue weighted by molar-refractivity contribution is -0.0138. The van der Waals surface area contributed by atoms with Crippen LogP contribution >= 0.6 is 23.2 Å². The van der Waals surface area contributed by atoms with Crippen molar-refractivity contribution >= 4 is 23.2 Å². The van der Waals surface area contributed by atoms with E-state index in [0.29, 0.717) is 10.0 Å². The van der Waals surface area contributed by atoms with Gasteiger partial charge in [-0.2, -0.15) is 0 Å². The molecule has 0 aromatic heterocycles. The van der Waals surface area contributed by atoms with Crippen LogP contribution in [0.2, 0.25) is 10.0 Å². The second-order valence-electron chi connectivity index (χ2n) is 4.60. The quantitative estimate of drug-likeness (QED) is 0.879. The van der Waals surface area contributed by atoms with Crippen molar-refractivity contribution in [1.82, 2.24) is 5.32 Å². The molecule has 1 aliphatic carbocycles. The van der Waals surface area contributed by atoms with Crippen LogP contribution in [0, 0.1) is 0 Å². The highest BCUT2D eigenvalue weighted by atomic mass is 35.5. The van der Waals surface area contributed by atoms with E-state index in [9.17, 15) is 0 Å². The van der Waals surface area contributed by atoms with Crippen LogP contribution < -0.4 is 10.1 Å². The van der Waals surface area contributed by atoms with Gasteiger partial charge in [-0.1, -0.05) is 23.2 Å². The number of hydrogen-bond donors (Lipinski definition) is 1. The number of nitrogens with one attached hydrogen (secondary N) is 1. The van der Waals surface area contributed by atoms with Crippen LogP contribution in [-0.2, 0) is 0 Å². The molecule has 0 heterocycles. The Balaban J connectivity index is 2.07. The van der Waals surface area contributed by atoms with Crippen molar-refractivity contribution in [2.45, 2.75) is 31.3 Å². The molecule has 0 radical (unpaired) electrons. The Morgan fingerprint density at radius 1 is 1.24 bits per heavy atom. The molecule has 0 atom stereocenters. The maximum Gasteiger partial charge on any atom is 0.123 e. The minimum absolute atomic E-state index is 0.0168. The summed E-state index contributed by atoms with van der Waals surface area (Å²) < 4.78 is 6.09. The van der Waals surface area contributed by atoms with Gasteiger partial charge in [0.2, 0.25) is 0 Å². The first-order valence-electron chi connectivity index (χ1n) is 5.93. The van der Waals surface area contributed by atoms with Crippen molar-refractivity contribution in [3.8, 4) is 5.75 Å². The van der Waals surface area contributed by atoms with Gasteiger partial charge in [0, 0.05) is 10.0 Å². The molecule has 4 heteroatoms. The van der Waals surface area contributed by atoms with E-state index in [1.807, 2.05) is 19.2 Å². The van der Waals surface area contributed by atoms with Crippen molar-refractivity contribution in [1.29, 1.82) is 0 Å². The first-order valence-corrected chi connectivity index (χ1v) is 6.69. The normalized spacial score (nSPS) is 17.6. The van der Waals surface area contributed by atoms with Gasteiger partial charge in [0.25, 0.3) is 0 Å². The molecule has 94 valence electrons. The van der Waals surface area contributed by atoms with Gasteiger partial charge in [0.05, 0.1) is 0 Å². The van der Waals surface area contributed by atoms with Crippen LogP contribution in [0.3, 0.4) is 0 Å². The standard InChI is InChI=1S/C13H17Cl2NO/c1-16-6-5-13(3-2-4-13)17-12-8-10(14)7-11(15)9-12/h7-9,16H,2-6H2,1H3. The molecule has 17 heavy (non-hydrogen) atoms. The summed E-state index contributed by atoms with van der Waals surface area (Å²) in [6, 6.07) is 5.37. The number of ether oxygens (including phenoxy) is 1. The zero-order valence-electron chi connectivity index (χ0n) is 9.93. The Hall–Kier alpha value is -0.440. The first-order chi connectivity index (χ1) is 8.13. The van der Waals surface area contributed by atoms with E-state index >= 15 is 0 Å². The Kier molecular flexibility index (Phi) is 4.18. The van der Waals surface area contributed by atoms with E-state index in [-0.39, 0.29) is 5.60 Å². The highest BCUT2D eigenvalue weighted by molar-refractivity contribution is 6.34. The minimum atomic E-state index is -0.0168. The zero-order chi connectivity index (χ0) is 12.3. The molecule has 1 aromatic rings. The fourth-order valence-corrected chi connectivity index (χ4v) is 2.67. The zero-order valence-corrected chi connectivity index (χ0v) is 11.4. The largest absolute Gasteiger partial charge is 0.487 e. The van der Waals surface area contributed by atoms with Crippen LogP contribution in [0.1, 0.15) is 25.7 Å². The Bertz CT molecular complexity index is 371. The monoisotopic (exact) mass is 273 g/mol. The van der Waals surface area contributed by atoms with Crippen molar-refractivity contribution in [3.05, 3.63) is 28.2 Å². The van der Waals surface area contributed by atoms with Crippen LogP contribution in [0.25, 0.3) is 0 Å². The molecule has 1 saturated carbocycles. The summed E-state index contributed by atoms with van der Waals surface area (Å²) in [5, 5.41) is 4.41. The van der Waals surface area contributed by atoms with Crippen molar-refractivity contribution in [2.24, 2.45) is 0 Å². The van der Waals surface area contributed by atoms with Crippen molar-refractivity contribution in [2.75, 3.05) is 13.6 Å². The Labute approximate surface area is 112 Å². The molecule has 0 unspecified atom stereocenters. The third-order valence-corrected chi connectivity index (χ3v) is 3.70. The highest BCUT2D eigenvalue weighted by Crippen LogP contribution is 2.40. The Morgan fingerprint density at radius 3 is 2.35 bits per heavy atom. The predicted octanol–water partition coefficient (Wildman–Crippen LogP) is 3.90. The predicted molar refractivity (Wildman–Crippen MR) is 72.2 cm³/mol. The topological polar surface area (TPSA) is 21.3 Å². The molecule has 0 bridgehead atoms. The van der Waals surface area contributed by atoms with E-state index in [1.54, 1.807) is 6.07 Å². The lowest BCUT2D eigenvalue weighted by atomic mass is 9.77. The summed E-state index contributed by atoms with van der Waals surface area (Å²) in [6.45, 7) is 0.967. The van der Waals surface area contributed by atoms with Gasteiger partial charge >= 0.3 is 0 Å². The lowest BCUT2D eigenvalue weighted by Gasteiger charge is -2.42. The van der Waals surface area contributed by atoms with Gasteiger partial charge in [0.1, 0.15) is 11.4 Å².